The van der Waals surface area contributed by atoms with Crippen LogP contribution in [0, 0.1) is 0 Å². The Morgan fingerprint density at radius 2 is 1.18 bits per heavy atom. The molecular formula is C30H32O9. The van der Waals surface area contributed by atoms with Crippen molar-refractivity contribution in [3.8, 4) is 22.6 Å². The molecule has 0 heterocycles. The monoisotopic (exact) mass is 536 g/mol. The lowest BCUT2D eigenvalue weighted by Gasteiger charge is -2.13. The molecule has 0 unspecified atom stereocenters. The summed E-state index contributed by atoms with van der Waals surface area (Å²) >= 11 is 0. The number of rotatable bonds is 14. The maximum absolute atomic E-state index is 12.7. The highest BCUT2D eigenvalue weighted by Gasteiger charge is 2.14. The molecule has 9 nitrogen and oxygen atoms in total. The van der Waals surface area contributed by atoms with Crippen molar-refractivity contribution in [2.24, 2.45) is 0 Å². The molecule has 0 radical (unpaired) electrons. The Balaban J connectivity index is 2.16. The molecule has 0 aromatic heterocycles. The number of ether oxygens (including phenoxy) is 5. The van der Waals surface area contributed by atoms with Crippen molar-refractivity contribution in [2.45, 2.75) is 27.2 Å². The van der Waals surface area contributed by atoms with Crippen molar-refractivity contribution >= 4 is 23.9 Å². The number of carbonyl (C=O) groups is 4. The molecule has 206 valence electrons. The zero-order chi connectivity index (χ0) is 28.9. The number of esters is 4. The van der Waals surface area contributed by atoms with Crippen LogP contribution in [0.2, 0.25) is 0 Å². The molecular weight excluding hydrogens is 504 g/mol. The van der Waals surface area contributed by atoms with Gasteiger partial charge < -0.3 is 23.7 Å². The first-order valence-electron chi connectivity index (χ1n) is 12.1. The maximum Gasteiger partial charge on any atom is 0.338 e. The van der Waals surface area contributed by atoms with Crippen LogP contribution >= 0.6 is 0 Å². The molecule has 0 spiro atoms. The van der Waals surface area contributed by atoms with Crippen molar-refractivity contribution in [3.05, 3.63) is 84.5 Å². The van der Waals surface area contributed by atoms with Crippen LogP contribution in [0.3, 0.4) is 0 Å². The minimum atomic E-state index is -0.643. The van der Waals surface area contributed by atoms with E-state index in [-0.39, 0.29) is 43.1 Å². The van der Waals surface area contributed by atoms with Crippen LogP contribution in [-0.2, 0) is 28.6 Å². The molecule has 0 N–H and O–H groups in total. The van der Waals surface area contributed by atoms with E-state index in [0.717, 1.165) is 5.56 Å². The fourth-order valence-electron chi connectivity index (χ4n) is 2.89. The minimum absolute atomic E-state index is 0.117. The van der Waals surface area contributed by atoms with Crippen LogP contribution in [0.25, 0.3) is 11.1 Å². The van der Waals surface area contributed by atoms with E-state index >= 15 is 0 Å². The van der Waals surface area contributed by atoms with Crippen LogP contribution in [0.1, 0.15) is 37.6 Å². The second kappa shape index (κ2) is 14.9. The molecule has 2 rings (SSSR count). The third-order valence-electron chi connectivity index (χ3n) is 4.93. The number of hydrogen-bond donors (Lipinski definition) is 0. The summed E-state index contributed by atoms with van der Waals surface area (Å²) in [7, 11) is 0. The molecule has 2 aromatic rings. The van der Waals surface area contributed by atoms with E-state index in [1.165, 1.54) is 13.0 Å². The zero-order valence-corrected chi connectivity index (χ0v) is 22.4. The van der Waals surface area contributed by atoms with Crippen molar-refractivity contribution in [1.82, 2.24) is 0 Å². The van der Waals surface area contributed by atoms with Crippen LogP contribution < -0.4 is 9.47 Å². The molecule has 0 saturated carbocycles. The normalized spacial score (nSPS) is 10.1. The highest BCUT2D eigenvalue weighted by atomic mass is 16.6. The standard InChI is InChI=1S/C30H32O9/c1-19(2)27(31)36-13-7-12-35-26-17-23(22-8-10-25(11-9-22)39-29(33)21(5)6)16-24(18-26)30(34)38-15-14-37-28(32)20(3)4/h8-11,16-18H,1,3,5,7,12-15H2,2,4,6H3. The Kier molecular flexibility index (Phi) is 11.7. The van der Waals surface area contributed by atoms with Gasteiger partial charge in [0.05, 0.1) is 18.8 Å². The average Bonchev–Trinajstić information content (AvgIpc) is 2.90. The Hall–Kier alpha value is -4.66. The largest absolute Gasteiger partial charge is 0.493 e. The Morgan fingerprint density at radius 1 is 0.615 bits per heavy atom. The van der Waals surface area contributed by atoms with Crippen molar-refractivity contribution < 1.29 is 42.9 Å². The lowest BCUT2D eigenvalue weighted by atomic mass is 10.0. The first-order chi connectivity index (χ1) is 18.5. The zero-order valence-electron chi connectivity index (χ0n) is 22.4. The first-order valence-corrected chi connectivity index (χ1v) is 12.1. The first kappa shape index (κ1) is 30.6. The molecule has 2 aromatic carbocycles. The quantitative estimate of drug-likeness (QED) is 0.108. The predicted octanol–water partition coefficient (Wildman–Crippen LogP) is 5.00. The van der Waals surface area contributed by atoms with E-state index in [9.17, 15) is 19.2 Å². The molecule has 0 amide bonds. The highest BCUT2D eigenvalue weighted by molar-refractivity contribution is 5.92. The van der Waals surface area contributed by atoms with E-state index in [0.29, 0.717) is 29.1 Å². The third kappa shape index (κ3) is 10.3. The van der Waals surface area contributed by atoms with Gasteiger partial charge in [-0.2, -0.15) is 0 Å². The fourth-order valence-corrected chi connectivity index (χ4v) is 2.89. The van der Waals surface area contributed by atoms with Gasteiger partial charge in [-0.1, -0.05) is 31.9 Å². The van der Waals surface area contributed by atoms with Gasteiger partial charge in [-0.25, -0.2) is 19.2 Å². The van der Waals surface area contributed by atoms with Crippen molar-refractivity contribution in [3.63, 3.8) is 0 Å². The molecule has 0 saturated heterocycles. The van der Waals surface area contributed by atoms with Crippen LogP contribution in [0.4, 0.5) is 0 Å². The molecule has 9 heteroatoms. The molecule has 0 atom stereocenters. The molecule has 0 fully saturated rings. The maximum atomic E-state index is 12.7. The van der Waals surface area contributed by atoms with E-state index < -0.39 is 23.9 Å². The van der Waals surface area contributed by atoms with Crippen molar-refractivity contribution in [1.29, 1.82) is 0 Å². The summed E-state index contributed by atoms with van der Waals surface area (Å²) < 4.78 is 26.3. The van der Waals surface area contributed by atoms with Gasteiger partial charge in [-0.15, -0.1) is 0 Å². The molecule has 0 aliphatic rings. The van der Waals surface area contributed by atoms with Crippen LogP contribution in [0.5, 0.6) is 11.5 Å². The molecule has 0 aliphatic heterocycles. The lowest BCUT2D eigenvalue weighted by molar-refractivity contribution is -0.140. The Morgan fingerprint density at radius 3 is 1.77 bits per heavy atom. The van der Waals surface area contributed by atoms with Gasteiger partial charge >= 0.3 is 23.9 Å². The highest BCUT2D eigenvalue weighted by Crippen LogP contribution is 2.28. The summed E-state index contributed by atoms with van der Waals surface area (Å²) in [6, 6.07) is 11.6. The second-order valence-corrected chi connectivity index (χ2v) is 8.61. The van der Waals surface area contributed by atoms with Gasteiger partial charge in [0.1, 0.15) is 24.7 Å². The third-order valence-corrected chi connectivity index (χ3v) is 4.93. The second-order valence-electron chi connectivity index (χ2n) is 8.61. The van der Waals surface area contributed by atoms with Gasteiger partial charge in [0.25, 0.3) is 0 Å². The molecule has 39 heavy (non-hydrogen) atoms. The number of benzene rings is 2. The molecule has 0 bridgehead atoms. The molecule has 0 aliphatic carbocycles. The SMILES string of the molecule is C=C(C)C(=O)OCCCOc1cc(C(=O)OCCOC(=O)C(=C)C)cc(-c2ccc(OC(=O)C(=C)C)cc2)c1. The van der Waals surface area contributed by atoms with Gasteiger partial charge in [0.2, 0.25) is 0 Å². The smallest absolute Gasteiger partial charge is 0.338 e. The summed E-state index contributed by atoms with van der Waals surface area (Å²) in [4.78, 5) is 47.5. The minimum Gasteiger partial charge on any atom is -0.493 e. The Bertz CT molecular complexity index is 1260. The summed E-state index contributed by atoms with van der Waals surface area (Å²) in [6.07, 6.45) is 0.417. The van der Waals surface area contributed by atoms with Gasteiger partial charge in [0.15, 0.2) is 0 Å². The van der Waals surface area contributed by atoms with Crippen LogP contribution in [0.15, 0.2) is 78.9 Å². The van der Waals surface area contributed by atoms with Gasteiger partial charge in [-0.3, -0.25) is 0 Å². The average molecular weight is 537 g/mol. The van der Waals surface area contributed by atoms with Crippen LogP contribution in [-0.4, -0.2) is 50.3 Å². The number of carbonyl (C=O) groups excluding carboxylic acids is 4. The lowest BCUT2D eigenvalue weighted by Crippen LogP contribution is -2.14. The summed E-state index contributed by atoms with van der Waals surface area (Å²) in [5.41, 5.74) is 2.39. The van der Waals surface area contributed by atoms with Gasteiger partial charge in [-0.05, 0) is 62.2 Å². The van der Waals surface area contributed by atoms with E-state index in [1.807, 2.05) is 0 Å². The van der Waals surface area contributed by atoms with Gasteiger partial charge in [0, 0.05) is 23.1 Å². The predicted molar refractivity (Wildman–Crippen MR) is 144 cm³/mol. The summed E-state index contributed by atoms with van der Waals surface area (Å²) in [6.45, 7) is 15.3. The van der Waals surface area contributed by atoms with E-state index in [1.54, 1.807) is 50.2 Å². The summed E-state index contributed by atoms with van der Waals surface area (Å²) in [5, 5.41) is 0. The topological polar surface area (TPSA) is 114 Å². The van der Waals surface area contributed by atoms with E-state index in [4.69, 9.17) is 23.7 Å². The fraction of sp³-hybridized carbons (Fsp3) is 0.267. The summed E-state index contributed by atoms with van der Waals surface area (Å²) in [5.74, 6) is -1.51. The number of hydrogen-bond acceptors (Lipinski definition) is 9. The van der Waals surface area contributed by atoms with E-state index in [2.05, 4.69) is 19.7 Å². The Labute approximate surface area is 227 Å². The van der Waals surface area contributed by atoms with Crippen molar-refractivity contribution in [2.75, 3.05) is 26.4 Å².